The molecule has 30 heavy (non-hydrogen) atoms. The molecular formula is C27H31N3. The van der Waals surface area contributed by atoms with E-state index in [0.29, 0.717) is 0 Å². The number of fused-ring (bicyclic) bond motifs is 2. The standard InChI is InChI=1S/C27H31N3/c1-4-19-10-11-22-16-24(30(26(22)15-19)18-21-8-9-21)17-28-25-14-20(5-2)13-23-7-6-12-29(3)27(23)25/h5,10-11,13-17,21H,2,4,6-9,12,18H2,1,3H3. The molecule has 0 atom stereocenters. The highest BCUT2D eigenvalue weighted by Crippen LogP contribution is 2.38. The lowest BCUT2D eigenvalue weighted by atomic mass is 9.98. The Labute approximate surface area is 179 Å². The first kappa shape index (κ1) is 19.2. The van der Waals surface area contributed by atoms with Gasteiger partial charge in [0.25, 0.3) is 0 Å². The average molecular weight is 398 g/mol. The molecule has 154 valence electrons. The Hall–Kier alpha value is -2.81. The van der Waals surface area contributed by atoms with Gasteiger partial charge in [-0.05, 0) is 79.0 Å². The summed E-state index contributed by atoms with van der Waals surface area (Å²) in [6, 6.07) is 13.6. The van der Waals surface area contributed by atoms with Gasteiger partial charge in [-0.2, -0.15) is 0 Å². The normalized spacial score (nSPS) is 16.4. The second kappa shape index (κ2) is 7.79. The summed E-state index contributed by atoms with van der Waals surface area (Å²) in [5, 5.41) is 1.31. The van der Waals surface area contributed by atoms with Crippen molar-refractivity contribution in [2.45, 2.75) is 45.6 Å². The van der Waals surface area contributed by atoms with Crippen LogP contribution in [0.25, 0.3) is 17.0 Å². The third-order valence-corrected chi connectivity index (χ3v) is 6.63. The van der Waals surface area contributed by atoms with E-state index in [2.05, 4.69) is 72.6 Å². The third kappa shape index (κ3) is 3.58. The van der Waals surface area contributed by atoms with E-state index in [1.165, 1.54) is 52.7 Å². The van der Waals surface area contributed by atoms with Crippen LogP contribution in [0.5, 0.6) is 0 Å². The number of aliphatic imine (C=N–C) groups is 1. The molecule has 0 amide bonds. The number of hydrogen-bond acceptors (Lipinski definition) is 2. The number of anilines is 1. The monoisotopic (exact) mass is 397 g/mol. The lowest BCUT2D eigenvalue weighted by Crippen LogP contribution is -2.24. The van der Waals surface area contributed by atoms with Crippen LogP contribution in [0.3, 0.4) is 0 Å². The van der Waals surface area contributed by atoms with E-state index in [4.69, 9.17) is 4.99 Å². The highest BCUT2D eigenvalue weighted by molar-refractivity contribution is 5.93. The zero-order valence-electron chi connectivity index (χ0n) is 18.2. The maximum absolute atomic E-state index is 5.04. The molecule has 1 fully saturated rings. The van der Waals surface area contributed by atoms with Gasteiger partial charge in [0.2, 0.25) is 0 Å². The molecule has 2 aromatic carbocycles. The topological polar surface area (TPSA) is 20.5 Å². The number of rotatable bonds is 6. The van der Waals surface area contributed by atoms with Crippen molar-refractivity contribution >= 4 is 34.6 Å². The molecule has 3 heteroatoms. The molecule has 1 aliphatic heterocycles. The molecule has 0 unspecified atom stereocenters. The van der Waals surface area contributed by atoms with Crippen molar-refractivity contribution in [2.24, 2.45) is 10.9 Å². The Morgan fingerprint density at radius 1 is 1.17 bits per heavy atom. The van der Waals surface area contributed by atoms with Crippen LogP contribution in [-0.2, 0) is 19.4 Å². The summed E-state index contributed by atoms with van der Waals surface area (Å²) in [5.41, 5.74) is 8.84. The Kier molecular flexibility index (Phi) is 4.98. The Morgan fingerprint density at radius 2 is 2.03 bits per heavy atom. The summed E-state index contributed by atoms with van der Waals surface area (Å²) in [6.07, 6.45) is 10.1. The highest BCUT2D eigenvalue weighted by atomic mass is 15.1. The van der Waals surface area contributed by atoms with Gasteiger partial charge in [0.15, 0.2) is 0 Å². The minimum absolute atomic E-state index is 0.820. The lowest BCUT2D eigenvalue weighted by molar-refractivity contribution is 0.644. The van der Waals surface area contributed by atoms with Gasteiger partial charge in [0.1, 0.15) is 0 Å². The van der Waals surface area contributed by atoms with Gasteiger partial charge in [-0.15, -0.1) is 0 Å². The molecule has 1 saturated carbocycles. The Morgan fingerprint density at radius 3 is 2.80 bits per heavy atom. The van der Waals surface area contributed by atoms with E-state index in [0.717, 1.165) is 43.1 Å². The summed E-state index contributed by atoms with van der Waals surface area (Å²) in [7, 11) is 2.18. The first-order valence-corrected chi connectivity index (χ1v) is 11.3. The van der Waals surface area contributed by atoms with Crippen LogP contribution in [0.2, 0.25) is 0 Å². The number of benzene rings is 2. The molecule has 0 bridgehead atoms. The molecule has 0 radical (unpaired) electrons. The molecule has 2 heterocycles. The molecule has 0 N–H and O–H groups in total. The first-order chi connectivity index (χ1) is 14.7. The zero-order chi connectivity index (χ0) is 20.7. The van der Waals surface area contributed by atoms with Crippen LogP contribution < -0.4 is 4.90 Å². The van der Waals surface area contributed by atoms with Crippen LogP contribution in [0.4, 0.5) is 11.4 Å². The van der Waals surface area contributed by atoms with Crippen molar-refractivity contribution in [3.05, 3.63) is 65.4 Å². The van der Waals surface area contributed by atoms with E-state index in [9.17, 15) is 0 Å². The molecule has 0 saturated heterocycles. The smallest absolute Gasteiger partial charge is 0.0872 e. The lowest BCUT2D eigenvalue weighted by Gasteiger charge is -2.29. The fraction of sp³-hybridized carbons (Fsp3) is 0.370. The van der Waals surface area contributed by atoms with Crippen LogP contribution >= 0.6 is 0 Å². The van der Waals surface area contributed by atoms with Crippen LogP contribution in [-0.4, -0.2) is 24.4 Å². The number of aromatic nitrogens is 1. The van der Waals surface area contributed by atoms with E-state index < -0.39 is 0 Å². The summed E-state index contributed by atoms with van der Waals surface area (Å²) in [6.45, 7) is 8.40. The van der Waals surface area contributed by atoms with Gasteiger partial charge in [0.05, 0.1) is 23.3 Å². The predicted octanol–water partition coefficient (Wildman–Crippen LogP) is 6.39. The summed E-state index contributed by atoms with van der Waals surface area (Å²) < 4.78 is 2.49. The SMILES string of the molecule is C=Cc1cc2c(c(N=Cc3cc4ccc(CC)cc4n3CC3CC3)c1)N(C)CCC2. The fourth-order valence-corrected chi connectivity index (χ4v) is 4.71. The van der Waals surface area contributed by atoms with Gasteiger partial charge < -0.3 is 9.47 Å². The first-order valence-electron chi connectivity index (χ1n) is 11.3. The van der Waals surface area contributed by atoms with Crippen molar-refractivity contribution in [1.82, 2.24) is 4.57 Å². The third-order valence-electron chi connectivity index (χ3n) is 6.63. The highest BCUT2D eigenvalue weighted by Gasteiger charge is 2.24. The largest absolute Gasteiger partial charge is 0.373 e. The Bertz CT molecular complexity index is 1130. The maximum atomic E-state index is 5.04. The molecule has 5 rings (SSSR count). The van der Waals surface area contributed by atoms with Crippen LogP contribution in [0.1, 0.15) is 48.6 Å². The molecular weight excluding hydrogens is 366 g/mol. The average Bonchev–Trinajstić information content (AvgIpc) is 3.52. The summed E-state index contributed by atoms with van der Waals surface area (Å²) >= 11 is 0. The molecule has 3 aromatic rings. The molecule has 1 aromatic heterocycles. The fourth-order valence-electron chi connectivity index (χ4n) is 4.71. The van der Waals surface area contributed by atoms with Gasteiger partial charge >= 0.3 is 0 Å². The van der Waals surface area contributed by atoms with Crippen molar-refractivity contribution in [2.75, 3.05) is 18.5 Å². The molecule has 3 nitrogen and oxygen atoms in total. The Balaban J connectivity index is 1.59. The van der Waals surface area contributed by atoms with Gasteiger partial charge in [0, 0.05) is 31.0 Å². The van der Waals surface area contributed by atoms with Gasteiger partial charge in [-0.1, -0.05) is 31.7 Å². The molecule has 0 spiro atoms. The summed E-state index contributed by atoms with van der Waals surface area (Å²) in [5.74, 6) is 0.820. The van der Waals surface area contributed by atoms with Crippen LogP contribution in [0.15, 0.2) is 48.0 Å². The minimum atomic E-state index is 0.820. The van der Waals surface area contributed by atoms with Crippen LogP contribution in [0, 0.1) is 5.92 Å². The van der Waals surface area contributed by atoms with Crippen molar-refractivity contribution in [3.8, 4) is 0 Å². The molecule has 2 aliphatic rings. The van der Waals surface area contributed by atoms with Gasteiger partial charge in [-0.25, -0.2) is 0 Å². The maximum Gasteiger partial charge on any atom is 0.0872 e. The molecule has 1 aliphatic carbocycles. The van der Waals surface area contributed by atoms with Gasteiger partial charge in [-0.3, -0.25) is 4.99 Å². The van der Waals surface area contributed by atoms with E-state index >= 15 is 0 Å². The number of nitrogens with zero attached hydrogens (tertiary/aromatic N) is 3. The summed E-state index contributed by atoms with van der Waals surface area (Å²) in [4.78, 5) is 7.39. The second-order valence-electron chi connectivity index (χ2n) is 8.91. The van der Waals surface area contributed by atoms with E-state index in [-0.39, 0.29) is 0 Å². The van der Waals surface area contributed by atoms with Crippen molar-refractivity contribution in [3.63, 3.8) is 0 Å². The minimum Gasteiger partial charge on any atom is -0.373 e. The number of aryl methyl sites for hydroxylation is 2. The number of hydrogen-bond donors (Lipinski definition) is 0. The second-order valence-corrected chi connectivity index (χ2v) is 8.91. The zero-order valence-corrected chi connectivity index (χ0v) is 18.2. The predicted molar refractivity (Wildman–Crippen MR) is 129 cm³/mol. The van der Waals surface area contributed by atoms with E-state index in [1.54, 1.807) is 0 Å². The quantitative estimate of drug-likeness (QED) is 0.441. The van der Waals surface area contributed by atoms with E-state index in [1.807, 2.05) is 6.08 Å². The van der Waals surface area contributed by atoms with Crippen molar-refractivity contribution < 1.29 is 0 Å². The van der Waals surface area contributed by atoms with Crippen molar-refractivity contribution in [1.29, 1.82) is 0 Å².